The van der Waals surface area contributed by atoms with Crippen molar-refractivity contribution >= 4 is 17.5 Å². The summed E-state index contributed by atoms with van der Waals surface area (Å²) in [6.07, 6.45) is 5.38. The van der Waals surface area contributed by atoms with E-state index in [0.717, 1.165) is 32.1 Å². The van der Waals surface area contributed by atoms with Crippen molar-refractivity contribution < 1.29 is 4.79 Å². The molecule has 1 N–H and O–H groups in total. The molecule has 0 aliphatic carbocycles. The number of hydrogen-bond acceptors (Lipinski definition) is 2. The van der Waals surface area contributed by atoms with Gasteiger partial charge in [0, 0.05) is 6.04 Å². The van der Waals surface area contributed by atoms with Crippen LogP contribution in [0.25, 0.3) is 0 Å². The third kappa shape index (κ3) is 5.05. The number of nitrogens with one attached hydrogen (secondary N) is 1. The number of aromatic nitrogens is 1. The predicted octanol–water partition coefficient (Wildman–Crippen LogP) is 3.82. The van der Waals surface area contributed by atoms with E-state index in [1.54, 1.807) is 18.2 Å². The Bertz CT molecular complexity index is 382. The molecular formula is C14H21ClN2O. The zero-order chi connectivity index (χ0) is 13.4. The summed E-state index contributed by atoms with van der Waals surface area (Å²) in [5, 5.41) is 3.39. The van der Waals surface area contributed by atoms with Gasteiger partial charge >= 0.3 is 0 Å². The van der Waals surface area contributed by atoms with Crippen LogP contribution in [0.15, 0.2) is 18.2 Å². The zero-order valence-corrected chi connectivity index (χ0v) is 11.8. The second kappa shape index (κ2) is 8.09. The lowest BCUT2D eigenvalue weighted by Gasteiger charge is -2.17. The molecule has 4 heteroatoms. The van der Waals surface area contributed by atoms with E-state index >= 15 is 0 Å². The SMILES string of the molecule is CCCCC(CCC)NC(=O)c1cccc(Cl)n1. The van der Waals surface area contributed by atoms with Crippen LogP contribution in [0, 0.1) is 0 Å². The fraction of sp³-hybridized carbons (Fsp3) is 0.571. The minimum absolute atomic E-state index is 0.132. The molecule has 0 aliphatic rings. The smallest absolute Gasteiger partial charge is 0.270 e. The van der Waals surface area contributed by atoms with Crippen molar-refractivity contribution in [2.24, 2.45) is 0 Å². The molecule has 1 unspecified atom stereocenters. The standard InChI is InChI=1S/C14H21ClN2O/c1-3-5-8-11(7-4-2)16-14(18)12-9-6-10-13(15)17-12/h6,9-11H,3-5,7-8H2,1-2H3,(H,16,18). The third-order valence-corrected chi connectivity index (χ3v) is 3.04. The Morgan fingerprint density at radius 3 is 2.72 bits per heavy atom. The second-order valence-corrected chi connectivity index (χ2v) is 4.83. The summed E-state index contributed by atoms with van der Waals surface area (Å²) >= 11 is 5.78. The summed E-state index contributed by atoms with van der Waals surface area (Å²) in [5.74, 6) is -0.132. The molecule has 1 aromatic rings. The van der Waals surface area contributed by atoms with E-state index in [1.165, 1.54) is 0 Å². The molecule has 0 saturated carbocycles. The van der Waals surface area contributed by atoms with E-state index in [2.05, 4.69) is 24.1 Å². The highest BCUT2D eigenvalue weighted by molar-refractivity contribution is 6.29. The van der Waals surface area contributed by atoms with Crippen LogP contribution in [-0.2, 0) is 0 Å². The molecule has 0 saturated heterocycles. The van der Waals surface area contributed by atoms with Crippen molar-refractivity contribution in [3.8, 4) is 0 Å². The van der Waals surface area contributed by atoms with Gasteiger partial charge in [-0.1, -0.05) is 50.8 Å². The Hall–Kier alpha value is -1.09. The maximum atomic E-state index is 12.0. The third-order valence-electron chi connectivity index (χ3n) is 2.83. The molecule has 0 fully saturated rings. The number of amides is 1. The zero-order valence-electron chi connectivity index (χ0n) is 11.1. The van der Waals surface area contributed by atoms with E-state index < -0.39 is 0 Å². The van der Waals surface area contributed by atoms with Gasteiger partial charge in [-0.05, 0) is 25.0 Å². The molecule has 0 radical (unpaired) electrons. The highest BCUT2D eigenvalue weighted by Gasteiger charge is 2.13. The normalized spacial score (nSPS) is 12.2. The molecular weight excluding hydrogens is 248 g/mol. The van der Waals surface area contributed by atoms with Crippen molar-refractivity contribution in [2.45, 2.75) is 52.0 Å². The monoisotopic (exact) mass is 268 g/mol. The molecule has 100 valence electrons. The Morgan fingerprint density at radius 2 is 2.11 bits per heavy atom. The maximum absolute atomic E-state index is 12.0. The molecule has 0 bridgehead atoms. The molecule has 1 amide bonds. The summed E-state index contributed by atoms with van der Waals surface area (Å²) < 4.78 is 0. The van der Waals surface area contributed by atoms with Crippen LogP contribution in [0.3, 0.4) is 0 Å². The van der Waals surface area contributed by atoms with E-state index in [-0.39, 0.29) is 11.9 Å². The molecule has 1 rings (SSSR count). The highest BCUT2D eigenvalue weighted by atomic mass is 35.5. The van der Waals surface area contributed by atoms with Gasteiger partial charge in [0.1, 0.15) is 10.8 Å². The van der Waals surface area contributed by atoms with Crippen LogP contribution in [-0.4, -0.2) is 16.9 Å². The van der Waals surface area contributed by atoms with Crippen LogP contribution in [0.2, 0.25) is 5.15 Å². The number of hydrogen-bond donors (Lipinski definition) is 1. The van der Waals surface area contributed by atoms with E-state index in [4.69, 9.17) is 11.6 Å². The molecule has 0 aromatic carbocycles. The molecule has 0 spiro atoms. The quantitative estimate of drug-likeness (QED) is 0.764. The van der Waals surface area contributed by atoms with Crippen LogP contribution in [0.5, 0.6) is 0 Å². The lowest BCUT2D eigenvalue weighted by Crippen LogP contribution is -2.35. The van der Waals surface area contributed by atoms with Crippen molar-refractivity contribution in [3.05, 3.63) is 29.0 Å². The summed E-state index contributed by atoms with van der Waals surface area (Å²) in [7, 11) is 0. The second-order valence-electron chi connectivity index (χ2n) is 4.45. The topological polar surface area (TPSA) is 42.0 Å². The Labute approximate surface area is 114 Å². The first-order valence-electron chi connectivity index (χ1n) is 6.60. The lowest BCUT2D eigenvalue weighted by atomic mass is 10.1. The first kappa shape index (κ1) is 15.0. The summed E-state index contributed by atoms with van der Waals surface area (Å²) in [4.78, 5) is 16.0. The number of pyridine rings is 1. The highest BCUT2D eigenvalue weighted by Crippen LogP contribution is 2.09. The van der Waals surface area contributed by atoms with Crippen LogP contribution in [0.4, 0.5) is 0 Å². The average Bonchev–Trinajstić information content (AvgIpc) is 2.36. The van der Waals surface area contributed by atoms with Crippen molar-refractivity contribution in [3.63, 3.8) is 0 Å². The van der Waals surface area contributed by atoms with Gasteiger partial charge < -0.3 is 5.32 Å². The van der Waals surface area contributed by atoms with Gasteiger partial charge in [0.05, 0.1) is 0 Å². The van der Waals surface area contributed by atoms with Crippen molar-refractivity contribution in [2.75, 3.05) is 0 Å². The van der Waals surface area contributed by atoms with Crippen LogP contribution < -0.4 is 5.32 Å². The number of nitrogens with zero attached hydrogens (tertiary/aromatic N) is 1. The Kier molecular flexibility index (Phi) is 6.73. The number of carbonyl (C=O) groups is 1. The van der Waals surface area contributed by atoms with Gasteiger partial charge in [0.25, 0.3) is 5.91 Å². The number of unbranched alkanes of at least 4 members (excludes halogenated alkanes) is 1. The summed E-state index contributed by atoms with van der Waals surface area (Å²) in [5.41, 5.74) is 0.389. The first-order valence-corrected chi connectivity index (χ1v) is 6.98. The maximum Gasteiger partial charge on any atom is 0.270 e. The lowest BCUT2D eigenvalue weighted by molar-refractivity contribution is 0.0927. The van der Waals surface area contributed by atoms with E-state index in [0.29, 0.717) is 10.8 Å². The molecule has 3 nitrogen and oxygen atoms in total. The van der Waals surface area contributed by atoms with Gasteiger partial charge in [-0.15, -0.1) is 0 Å². The minimum Gasteiger partial charge on any atom is -0.348 e. The molecule has 0 aliphatic heterocycles. The predicted molar refractivity (Wildman–Crippen MR) is 74.9 cm³/mol. The minimum atomic E-state index is -0.132. The Balaban J connectivity index is 2.59. The number of rotatable bonds is 7. The van der Waals surface area contributed by atoms with Gasteiger partial charge in [-0.2, -0.15) is 0 Å². The van der Waals surface area contributed by atoms with E-state index in [9.17, 15) is 4.79 Å². The van der Waals surface area contributed by atoms with Gasteiger partial charge in [0.2, 0.25) is 0 Å². The molecule has 1 atom stereocenters. The van der Waals surface area contributed by atoms with Gasteiger partial charge in [0.15, 0.2) is 0 Å². The van der Waals surface area contributed by atoms with E-state index in [1.807, 2.05) is 0 Å². The fourth-order valence-electron chi connectivity index (χ4n) is 1.88. The molecule has 1 aromatic heterocycles. The van der Waals surface area contributed by atoms with Crippen molar-refractivity contribution in [1.82, 2.24) is 10.3 Å². The number of carbonyl (C=O) groups excluding carboxylic acids is 1. The summed E-state index contributed by atoms with van der Waals surface area (Å²) in [6, 6.07) is 5.33. The van der Waals surface area contributed by atoms with Crippen LogP contribution >= 0.6 is 11.6 Å². The fourth-order valence-corrected chi connectivity index (χ4v) is 2.05. The Morgan fingerprint density at radius 1 is 1.33 bits per heavy atom. The number of halogens is 1. The largest absolute Gasteiger partial charge is 0.348 e. The van der Waals surface area contributed by atoms with Gasteiger partial charge in [-0.3, -0.25) is 4.79 Å². The average molecular weight is 269 g/mol. The molecule has 18 heavy (non-hydrogen) atoms. The molecule has 1 heterocycles. The summed E-state index contributed by atoms with van der Waals surface area (Å²) in [6.45, 7) is 4.28. The van der Waals surface area contributed by atoms with Crippen LogP contribution in [0.1, 0.15) is 56.4 Å². The van der Waals surface area contributed by atoms with Crippen molar-refractivity contribution in [1.29, 1.82) is 0 Å². The van der Waals surface area contributed by atoms with Gasteiger partial charge in [-0.25, -0.2) is 4.98 Å². The first-order chi connectivity index (χ1) is 8.67.